The number of pyridine rings is 1. The molecule has 90 valence electrons. The van der Waals surface area contributed by atoms with Crippen LogP contribution in [0.1, 0.15) is 12.6 Å². The number of ether oxygens (including phenoxy) is 1. The summed E-state index contributed by atoms with van der Waals surface area (Å²) in [5.41, 5.74) is -0.411. The van der Waals surface area contributed by atoms with E-state index >= 15 is 0 Å². The van der Waals surface area contributed by atoms with Crippen LogP contribution in [0.25, 0.3) is 6.08 Å². The number of hydrogen-bond acceptors (Lipinski definition) is 6. The summed E-state index contributed by atoms with van der Waals surface area (Å²) in [5, 5.41) is 20.0. The Labute approximate surface area is 96.5 Å². The van der Waals surface area contributed by atoms with Crippen LogP contribution in [-0.2, 0) is 9.53 Å². The highest BCUT2D eigenvalue weighted by Crippen LogP contribution is 2.17. The van der Waals surface area contributed by atoms with Gasteiger partial charge < -0.3 is 9.84 Å². The molecule has 0 aliphatic rings. The molecule has 0 atom stereocenters. The van der Waals surface area contributed by atoms with Gasteiger partial charge in [0.2, 0.25) is 5.76 Å². The fourth-order valence-electron chi connectivity index (χ4n) is 1.07. The molecular formula is C10H10N2O5. The van der Waals surface area contributed by atoms with E-state index in [4.69, 9.17) is 0 Å². The molecule has 17 heavy (non-hydrogen) atoms. The molecule has 1 rings (SSSR count). The highest BCUT2D eigenvalue weighted by atomic mass is 16.6. The molecule has 0 aromatic carbocycles. The van der Waals surface area contributed by atoms with Crippen molar-refractivity contribution in [1.29, 1.82) is 0 Å². The van der Waals surface area contributed by atoms with E-state index in [-0.39, 0.29) is 18.0 Å². The molecule has 0 amide bonds. The van der Waals surface area contributed by atoms with E-state index in [1.165, 1.54) is 18.3 Å². The normalized spacial score (nSPS) is 11.0. The summed E-state index contributed by atoms with van der Waals surface area (Å²) in [4.78, 5) is 24.8. The molecule has 0 unspecified atom stereocenters. The molecule has 7 heteroatoms. The van der Waals surface area contributed by atoms with Crippen molar-refractivity contribution >= 4 is 17.7 Å². The Morgan fingerprint density at radius 2 is 2.41 bits per heavy atom. The minimum Gasteiger partial charge on any atom is -0.502 e. The average molecular weight is 238 g/mol. The van der Waals surface area contributed by atoms with Gasteiger partial charge in [-0.2, -0.15) is 0 Å². The fourth-order valence-corrected chi connectivity index (χ4v) is 1.07. The summed E-state index contributed by atoms with van der Waals surface area (Å²) < 4.78 is 4.52. The average Bonchev–Trinajstić information content (AvgIpc) is 2.29. The molecule has 0 spiro atoms. The predicted molar refractivity (Wildman–Crippen MR) is 58.1 cm³/mol. The lowest BCUT2D eigenvalue weighted by molar-refractivity contribution is -0.385. The van der Waals surface area contributed by atoms with Crippen LogP contribution in [-0.4, -0.2) is 27.6 Å². The van der Waals surface area contributed by atoms with Crippen LogP contribution in [0.5, 0.6) is 0 Å². The van der Waals surface area contributed by atoms with Crippen molar-refractivity contribution in [2.45, 2.75) is 6.92 Å². The van der Waals surface area contributed by atoms with Crippen LogP contribution in [0.15, 0.2) is 24.1 Å². The Hall–Kier alpha value is -2.44. The van der Waals surface area contributed by atoms with E-state index in [1.54, 1.807) is 6.92 Å². The summed E-state index contributed by atoms with van der Waals surface area (Å²) in [7, 11) is 0. The molecule has 7 nitrogen and oxygen atoms in total. The van der Waals surface area contributed by atoms with Crippen LogP contribution in [0.3, 0.4) is 0 Å². The van der Waals surface area contributed by atoms with Crippen LogP contribution in [0.2, 0.25) is 0 Å². The number of nitro groups is 1. The topological polar surface area (TPSA) is 103 Å². The Morgan fingerprint density at radius 3 is 3.00 bits per heavy atom. The molecule has 0 fully saturated rings. The third-order valence-corrected chi connectivity index (χ3v) is 1.77. The third kappa shape index (κ3) is 3.26. The molecule has 1 aromatic rings. The van der Waals surface area contributed by atoms with Gasteiger partial charge in [-0.15, -0.1) is 0 Å². The molecule has 0 aliphatic heterocycles. The van der Waals surface area contributed by atoms with Crippen molar-refractivity contribution in [3.8, 4) is 0 Å². The number of aliphatic hydroxyl groups excluding tert-OH is 1. The van der Waals surface area contributed by atoms with Crippen molar-refractivity contribution in [3.05, 3.63) is 39.9 Å². The van der Waals surface area contributed by atoms with E-state index < -0.39 is 16.7 Å². The van der Waals surface area contributed by atoms with Gasteiger partial charge in [-0.05, 0) is 13.0 Å². The molecule has 0 saturated heterocycles. The molecule has 0 saturated carbocycles. The number of carbonyl (C=O) groups is 1. The largest absolute Gasteiger partial charge is 0.502 e. The minimum atomic E-state index is -0.951. The van der Waals surface area contributed by atoms with E-state index in [0.717, 1.165) is 6.08 Å². The summed E-state index contributed by atoms with van der Waals surface area (Å²) in [5.74, 6) is -1.68. The fraction of sp³-hybridized carbons (Fsp3) is 0.200. The van der Waals surface area contributed by atoms with Crippen molar-refractivity contribution < 1.29 is 19.6 Å². The van der Waals surface area contributed by atoms with Crippen molar-refractivity contribution in [2.24, 2.45) is 0 Å². The van der Waals surface area contributed by atoms with Gasteiger partial charge in [-0.25, -0.2) is 9.78 Å². The first-order valence-electron chi connectivity index (χ1n) is 4.73. The van der Waals surface area contributed by atoms with E-state index in [2.05, 4.69) is 9.72 Å². The Kier molecular flexibility index (Phi) is 4.15. The highest BCUT2D eigenvalue weighted by molar-refractivity contribution is 5.91. The van der Waals surface area contributed by atoms with Crippen LogP contribution in [0, 0.1) is 10.1 Å². The standard InChI is InChI=1S/C10H10N2O5/c1-2-17-10(14)9(13)6-7-8(12(15)16)4-3-5-11-7/h3-6,13H,2H2,1H3. The van der Waals surface area contributed by atoms with Crippen LogP contribution >= 0.6 is 0 Å². The lowest BCUT2D eigenvalue weighted by Gasteiger charge is -2.00. The maximum absolute atomic E-state index is 11.1. The van der Waals surface area contributed by atoms with Crippen LogP contribution < -0.4 is 0 Å². The molecule has 1 heterocycles. The predicted octanol–water partition coefficient (Wildman–Crippen LogP) is 1.45. The number of aromatic nitrogens is 1. The summed E-state index contributed by atoms with van der Waals surface area (Å²) in [6.07, 6.45) is 2.22. The minimum absolute atomic E-state index is 0.0983. The third-order valence-electron chi connectivity index (χ3n) is 1.77. The van der Waals surface area contributed by atoms with Crippen molar-refractivity contribution in [3.63, 3.8) is 0 Å². The maximum Gasteiger partial charge on any atom is 0.373 e. The SMILES string of the molecule is CCOC(=O)C(O)=Cc1ncccc1[N+](=O)[O-]. The Morgan fingerprint density at radius 1 is 1.71 bits per heavy atom. The van der Waals surface area contributed by atoms with Crippen LogP contribution in [0.4, 0.5) is 5.69 Å². The molecule has 0 radical (unpaired) electrons. The molecule has 1 aromatic heterocycles. The van der Waals surface area contributed by atoms with Crippen molar-refractivity contribution in [1.82, 2.24) is 4.98 Å². The van der Waals surface area contributed by atoms with E-state index in [0.29, 0.717) is 0 Å². The number of rotatable bonds is 4. The van der Waals surface area contributed by atoms with Gasteiger partial charge in [0.1, 0.15) is 5.69 Å². The molecule has 0 bridgehead atoms. The first kappa shape index (κ1) is 12.6. The van der Waals surface area contributed by atoms with Crippen molar-refractivity contribution in [2.75, 3.05) is 6.61 Å². The lowest BCUT2D eigenvalue weighted by Crippen LogP contribution is -2.07. The van der Waals surface area contributed by atoms with Gasteiger partial charge >= 0.3 is 5.97 Å². The van der Waals surface area contributed by atoms with Gasteiger partial charge in [-0.1, -0.05) is 0 Å². The smallest absolute Gasteiger partial charge is 0.373 e. The first-order valence-corrected chi connectivity index (χ1v) is 4.73. The molecule has 1 N–H and O–H groups in total. The Balaban J connectivity index is 3.05. The second kappa shape index (κ2) is 5.59. The quantitative estimate of drug-likeness (QED) is 0.280. The number of nitrogens with zero attached hydrogens (tertiary/aromatic N) is 2. The first-order chi connectivity index (χ1) is 8.06. The van der Waals surface area contributed by atoms with Gasteiger partial charge in [0, 0.05) is 18.3 Å². The summed E-state index contributed by atoms with van der Waals surface area (Å²) in [6, 6.07) is 2.61. The monoisotopic (exact) mass is 238 g/mol. The van der Waals surface area contributed by atoms with Gasteiger partial charge in [0.15, 0.2) is 0 Å². The van der Waals surface area contributed by atoms with Gasteiger partial charge in [-0.3, -0.25) is 10.1 Å². The second-order valence-electron chi connectivity index (χ2n) is 2.91. The van der Waals surface area contributed by atoms with E-state index in [1.807, 2.05) is 0 Å². The zero-order chi connectivity index (χ0) is 12.8. The zero-order valence-electron chi connectivity index (χ0n) is 8.99. The lowest BCUT2D eigenvalue weighted by atomic mass is 10.2. The maximum atomic E-state index is 11.1. The summed E-state index contributed by atoms with van der Waals surface area (Å²) >= 11 is 0. The molecular weight excluding hydrogens is 228 g/mol. The Bertz CT molecular complexity index is 470. The number of aliphatic hydroxyl groups is 1. The zero-order valence-corrected chi connectivity index (χ0v) is 8.99. The number of esters is 1. The number of carbonyl (C=O) groups excluding carboxylic acids is 1. The molecule has 0 aliphatic carbocycles. The highest BCUT2D eigenvalue weighted by Gasteiger charge is 2.15. The number of hydrogen-bond donors (Lipinski definition) is 1. The second-order valence-corrected chi connectivity index (χ2v) is 2.91. The van der Waals surface area contributed by atoms with E-state index in [9.17, 15) is 20.0 Å². The van der Waals surface area contributed by atoms with Gasteiger partial charge in [0.05, 0.1) is 11.5 Å². The van der Waals surface area contributed by atoms with Gasteiger partial charge in [0.25, 0.3) is 5.69 Å². The summed E-state index contributed by atoms with van der Waals surface area (Å²) in [6.45, 7) is 1.68.